The summed E-state index contributed by atoms with van der Waals surface area (Å²) in [6, 6.07) is 0. The van der Waals surface area contributed by atoms with E-state index < -0.39 is 41.7 Å². The quantitative estimate of drug-likeness (QED) is 0.845. The topological polar surface area (TPSA) is 50.2 Å². The molecule has 0 saturated heterocycles. The fraction of sp³-hybridized carbons (Fsp3) is 0.333. The van der Waals surface area contributed by atoms with Crippen LogP contribution in [-0.2, 0) is 17.4 Å². The zero-order valence-electron chi connectivity index (χ0n) is 8.13. The number of aromatic nitrogens is 1. The molecule has 3 nitrogen and oxygen atoms in total. The molecule has 1 rings (SSSR count). The Morgan fingerprint density at radius 2 is 1.94 bits per heavy atom. The SMILES string of the molecule is O=C(O)Cc1cncc(C(F)F)c1C(F)(F)F. The van der Waals surface area contributed by atoms with Crippen molar-refractivity contribution in [3.05, 3.63) is 29.1 Å². The molecule has 1 heterocycles. The van der Waals surface area contributed by atoms with E-state index in [0.717, 1.165) is 0 Å². The second-order valence-electron chi connectivity index (χ2n) is 3.13. The summed E-state index contributed by atoms with van der Waals surface area (Å²) in [6.45, 7) is 0. The normalized spacial score (nSPS) is 11.9. The Kier molecular flexibility index (Phi) is 3.64. The number of alkyl halides is 5. The highest BCUT2D eigenvalue weighted by atomic mass is 19.4. The van der Waals surface area contributed by atoms with Gasteiger partial charge in [-0.3, -0.25) is 9.78 Å². The number of carboxylic acid groups (broad SMARTS) is 1. The predicted octanol–water partition coefficient (Wildman–Crippen LogP) is 2.67. The largest absolute Gasteiger partial charge is 0.481 e. The van der Waals surface area contributed by atoms with Crippen LogP contribution >= 0.6 is 0 Å². The molecule has 17 heavy (non-hydrogen) atoms. The Bertz CT molecular complexity index is 430. The summed E-state index contributed by atoms with van der Waals surface area (Å²) in [5.41, 5.74) is -3.70. The van der Waals surface area contributed by atoms with E-state index in [1.54, 1.807) is 0 Å². The Balaban J connectivity index is 3.40. The first-order valence-corrected chi connectivity index (χ1v) is 4.27. The van der Waals surface area contributed by atoms with Crippen LogP contribution < -0.4 is 0 Å². The molecule has 0 amide bonds. The van der Waals surface area contributed by atoms with Crippen LogP contribution in [0.4, 0.5) is 22.0 Å². The average molecular weight is 255 g/mol. The number of hydrogen-bond donors (Lipinski definition) is 1. The van der Waals surface area contributed by atoms with E-state index in [1.165, 1.54) is 0 Å². The zero-order valence-corrected chi connectivity index (χ0v) is 8.13. The van der Waals surface area contributed by atoms with Gasteiger partial charge in [0.05, 0.1) is 12.0 Å². The molecule has 0 aliphatic rings. The maximum Gasteiger partial charge on any atom is 0.417 e. The van der Waals surface area contributed by atoms with E-state index in [1.807, 2.05) is 0 Å². The van der Waals surface area contributed by atoms with Crippen LogP contribution in [0.2, 0.25) is 0 Å². The minimum atomic E-state index is -5.04. The first-order chi connectivity index (χ1) is 7.73. The minimum Gasteiger partial charge on any atom is -0.481 e. The van der Waals surface area contributed by atoms with E-state index in [2.05, 4.69) is 4.98 Å². The third kappa shape index (κ3) is 3.11. The van der Waals surface area contributed by atoms with Crippen molar-refractivity contribution in [3.63, 3.8) is 0 Å². The summed E-state index contributed by atoms with van der Waals surface area (Å²) in [5, 5.41) is 8.40. The van der Waals surface area contributed by atoms with Crippen molar-refractivity contribution < 1.29 is 31.9 Å². The summed E-state index contributed by atoms with van der Waals surface area (Å²) in [7, 11) is 0. The van der Waals surface area contributed by atoms with E-state index in [9.17, 15) is 26.7 Å². The number of hydrogen-bond acceptors (Lipinski definition) is 2. The zero-order chi connectivity index (χ0) is 13.2. The van der Waals surface area contributed by atoms with Gasteiger partial charge in [-0.1, -0.05) is 0 Å². The van der Waals surface area contributed by atoms with Crippen molar-refractivity contribution in [1.82, 2.24) is 4.98 Å². The van der Waals surface area contributed by atoms with E-state index >= 15 is 0 Å². The van der Waals surface area contributed by atoms with E-state index in [4.69, 9.17) is 5.11 Å². The molecule has 1 aromatic heterocycles. The van der Waals surface area contributed by atoms with Gasteiger partial charge in [0.2, 0.25) is 0 Å². The minimum absolute atomic E-state index is 0.388. The van der Waals surface area contributed by atoms with Crippen LogP contribution in [0, 0.1) is 0 Å². The number of carboxylic acids is 1. The molecule has 8 heteroatoms. The van der Waals surface area contributed by atoms with Gasteiger partial charge in [-0.25, -0.2) is 8.78 Å². The van der Waals surface area contributed by atoms with Crippen molar-refractivity contribution in [2.75, 3.05) is 0 Å². The molecule has 0 atom stereocenters. The molecular weight excluding hydrogens is 249 g/mol. The average Bonchev–Trinajstić information content (AvgIpc) is 2.14. The first kappa shape index (κ1) is 13.3. The Morgan fingerprint density at radius 3 is 2.35 bits per heavy atom. The van der Waals surface area contributed by atoms with Gasteiger partial charge in [0, 0.05) is 18.0 Å². The molecule has 0 aliphatic carbocycles. The lowest BCUT2D eigenvalue weighted by Gasteiger charge is -2.15. The van der Waals surface area contributed by atoms with Crippen molar-refractivity contribution in [2.45, 2.75) is 19.0 Å². The molecular formula is C9H6F5NO2. The number of halogens is 5. The van der Waals surface area contributed by atoms with Gasteiger partial charge in [-0.15, -0.1) is 0 Å². The lowest BCUT2D eigenvalue weighted by atomic mass is 10.0. The standard InChI is InChI=1S/C9H6F5NO2/c10-8(11)5-3-15-2-4(1-6(16)17)7(5)9(12,13)14/h2-3,8H,1H2,(H,16,17). The fourth-order valence-electron chi connectivity index (χ4n) is 1.33. The van der Waals surface area contributed by atoms with Gasteiger partial charge in [-0.2, -0.15) is 13.2 Å². The van der Waals surface area contributed by atoms with Gasteiger partial charge in [0.25, 0.3) is 6.43 Å². The molecule has 1 aromatic rings. The Hall–Kier alpha value is -1.73. The molecule has 0 spiro atoms. The van der Waals surface area contributed by atoms with Crippen molar-refractivity contribution in [1.29, 1.82) is 0 Å². The van der Waals surface area contributed by atoms with Crippen LogP contribution in [-0.4, -0.2) is 16.1 Å². The molecule has 0 fully saturated rings. The lowest BCUT2D eigenvalue weighted by Crippen LogP contribution is -2.16. The lowest BCUT2D eigenvalue weighted by molar-refractivity contribution is -0.141. The first-order valence-electron chi connectivity index (χ1n) is 4.27. The summed E-state index contributed by atoms with van der Waals surface area (Å²) in [4.78, 5) is 13.5. The fourth-order valence-corrected chi connectivity index (χ4v) is 1.33. The van der Waals surface area contributed by atoms with Crippen molar-refractivity contribution in [2.24, 2.45) is 0 Å². The highest BCUT2D eigenvalue weighted by Gasteiger charge is 2.38. The molecule has 0 saturated carbocycles. The van der Waals surface area contributed by atoms with Crippen LogP contribution in [0.3, 0.4) is 0 Å². The number of carbonyl (C=O) groups is 1. The molecule has 0 bridgehead atoms. The van der Waals surface area contributed by atoms with Crippen molar-refractivity contribution in [3.8, 4) is 0 Å². The third-order valence-corrected chi connectivity index (χ3v) is 1.91. The number of pyridine rings is 1. The van der Waals surface area contributed by atoms with E-state index in [0.29, 0.717) is 12.4 Å². The van der Waals surface area contributed by atoms with Crippen LogP contribution in [0.15, 0.2) is 12.4 Å². The molecule has 94 valence electrons. The third-order valence-electron chi connectivity index (χ3n) is 1.91. The number of nitrogens with zero attached hydrogens (tertiary/aromatic N) is 1. The Labute approximate surface area is 91.9 Å². The maximum absolute atomic E-state index is 12.6. The van der Waals surface area contributed by atoms with Gasteiger partial charge >= 0.3 is 12.1 Å². The van der Waals surface area contributed by atoms with Gasteiger partial charge in [0.1, 0.15) is 0 Å². The van der Waals surface area contributed by atoms with Gasteiger partial charge in [-0.05, 0) is 5.56 Å². The van der Waals surface area contributed by atoms with Crippen molar-refractivity contribution >= 4 is 5.97 Å². The van der Waals surface area contributed by atoms with Crippen LogP contribution in [0.1, 0.15) is 23.1 Å². The molecule has 1 N–H and O–H groups in total. The number of rotatable bonds is 3. The second-order valence-corrected chi connectivity index (χ2v) is 3.13. The van der Waals surface area contributed by atoms with Gasteiger partial charge in [0.15, 0.2) is 0 Å². The summed E-state index contributed by atoms with van der Waals surface area (Å²) >= 11 is 0. The highest BCUT2D eigenvalue weighted by Crippen LogP contribution is 2.38. The summed E-state index contributed by atoms with van der Waals surface area (Å²) in [5.74, 6) is -1.55. The Morgan fingerprint density at radius 1 is 1.35 bits per heavy atom. The monoisotopic (exact) mass is 255 g/mol. The highest BCUT2D eigenvalue weighted by molar-refractivity contribution is 5.71. The molecule has 0 aromatic carbocycles. The molecule has 0 aliphatic heterocycles. The van der Waals surface area contributed by atoms with Gasteiger partial charge < -0.3 is 5.11 Å². The summed E-state index contributed by atoms with van der Waals surface area (Å²) in [6.07, 6.45) is -8.41. The van der Waals surface area contributed by atoms with Crippen LogP contribution in [0.5, 0.6) is 0 Å². The second kappa shape index (κ2) is 4.64. The smallest absolute Gasteiger partial charge is 0.417 e. The molecule has 0 radical (unpaired) electrons. The van der Waals surface area contributed by atoms with E-state index in [-0.39, 0.29) is 0 Å². The molecule has 0 unspecified atom stereocenters. The number of aliphatic carboxylic acids is 1. The predicted molar refractivity (Wildman–Crippen MR) is 45.5 cm³/mol. The maximum atomic E-state index is 12.6. The van der Waals surface area contributed by atoms with Crippen LogP contribution in [0.25, 0.3) is 0 Å². The summed E-state index contributed by atoms with van der Waals surface area (Å²) < 4.78 is 62.5.